The third-order valence-corrected chi connectivity index (χ3v) is 4.75. The summed E-state index contributed by atoms with van der Waals surface area (Å²) in [4.78, 5) is 2.57. The summed E-state index contributed by atoms with van der Waals surface area (Å²) < 4.78 is 0. The van der Waals surface area contributed by atoms with Crippen LogP contribution in [0, 0.1) is 18.8 Å². The van der Waals surface area contributed by atoms with Crippen molar-refractivity contribution >= 4 is 5.69 Å². The first-order valence-electron chi connectivity index (χ1n) is 8.11. The fourth-order valence-corrected chi connectivity index (χ4v) is 3.16. The molecule has 2 unspecified atom stereocenters. The van der Waals surface area contributed by atoms with Crippen molar-refractivity contribution in [2.75, 3.05) is 18.0 Å². The van der Waals surface area contributed by atoms with Gasteiger partial charge in [-0.15, -0.1) is 0 Å². The van der Waals surface area contributed by atoms with Crippen LogP contribution in [0.3, 0.4) is 0 Å². The van der Waals surface area contributed by atoms with Gasteiger partial charge in [0.25, 0.3) is 0 Å². The van der Waals surface area contributed by atoms with Crippen molar-refractivity contribution in [3.63, 3.8) is 0 Å². The van der Waals surface area contributed by atoms with Gasteiger partial charge in [-0.05, 0) is 49.7 Å². The van der Waals surface area contributed by atoms with E-state index in [0.717, 1.165) is 24.7 Å². The molecule has 0 radical (unpaired) electrons. The summed E-state index contributed by atoms with van der Waals surface area (Å²) in [6, 6.07) is 7.14. The molecule has 0 bridgehead atoms. The van der Waals surface area contributed by atoms with Gasteiger partial charge in [-0.25, -0.2) is 0 Å². The van der Waals surface area contributed by atoms with E-state index in [1.54, 1.807) is 0 Å². The predicted molar refractivity (Wildman–Crippen MR) is 88.3 cm³/mol. The van der Waals surface area contributed by atoms with Crippen LogP contribution in [-0.2, 0) is 6.42 Å². The molecular formula is C18H30N2. The smallest absolute Gasteiger partial charge is 0.0399 e. The first-order chi connectivity index (χ1) is 9.51. The van der Waals surface area contributed by atoms with Crippen LogP contribution in [0.2, 0.25) is 0 Å². The average molecular weight is 274 g/mol. The summed E-state index contributed by atoms with van der Waals surface area (Å²) in [7, 11) is 0. The maximum absolute atomic E-state index is 6.18. The molecule has 2 N–H and O–H groups in total. The van der Waals surface area contributed by atoms with Crippen molar-refractivity contribution in [1.82, 2.24) is 0 Å². The monoisotopic (exact) mass is 274 g/mol. The molecule has 1 aliphatic rings. The lowest BCUT2D eigenvalue weighted by Crippen LogP contribution is -2.26. The van der Waals surface area contributed by atoms with Crippen molar-refractivity contribution in [2.45, 2.75) is 53.0 Å². The van der Waals surface area contributed by atoms with E-state index < -0.39 is 0 Å². The molecule has 0 amide bonds. The summed E-state index contributed by atoms with van der Waals surface area (Å²) in [5, 5.41) is 0. The lowest BCUT2D eigenvalue weighted by molar-refractivity contribution is 0.422. The molecule has 1 aromatic carbocycles. The Bertz CT molecular complexity index is 439. The second-order valence-electron chi connectivity index (χ2n) is 6.74. The van der Waals surface area contributed by atoms with Crippen LogP contribution in [0.4, 0.5) is 5.69 Å². The van der Waals surface area contributed by atoms with Crippen molar-refractivity contribution in [3.8, 4) is 0 Å². The van der Waals surface area contributed by atoms with Crippen LogP contribution in [0.15, 0.2) is 18.2 Å². The lowest BCUT2D eigenvalue weighted by Gasteiger charge is -2.24. The number of nitrogens with two attached hydrogens (primary N) is 1. The number of anilines is 1. The Kier molecular flexibility index (Phi) is 5.09. The first kappa shape index (κ1) is 15.4. The zero-order chi connectivity index (χ0) is 14.7. The number of hydrogen-bond donors (Lipinski definition) is 1. The Hall–Kier alpha value is -1.02. The summed E-state index contributed by atoms with van der Waals surface area (Å²) >= 11 is 0. The van der Waals surface area contributed by atoms with Crippen LogP contribution in [0.25, 0.3) is 0 Å². The highest BCUT2D eigenvalue weighted by Crippen LogP contribution is 2.31. The fraction of sp³-hybridized carbons (Fsp3) is 0.667. The van der Waals surface area contributed by atoms with Crippen molar-refractivity contribution in [2.24, 2.45) is 17.6 Å². The predicted octanol–water partition coefficient (Wildman–Crippen LogP) is 3.76. The van der Waals surface area contributed by atoms with Gasteiger partial charge in [0.2, 0.25) is 0 Å². The lowest BCUT2D eigenvalue weighted by atomic mass is 9.95. The van der Waals surface area contributed by atoms with Gasteiger partial charge in [0.1, 0.15) is 0 Å². The SMILES string of the molecule is CCC(N)Cc1cc(C)ccc1N1CCC(C(C)C)C1. The highest BCUT2D eigenvalue weighted by molar-refractivity contribution is 5.56. The second-order valence-corrected chi connectivity index (χ2v) is 6.74. The third kappa shape index (κ3) is 3.54. The topological polar surface area (TPSA) is 29.3 Å². The van der Waals surface area contributed by atoms with Crippen molar-refractivity contribution < 1.29 is 0 Å². The molecule has 1 saturated heterocycles. The van der Waals surface area contributed by atoms with E-state index in [1.807, 2.05) is 0 Å². The Morgan fingerprint density at radius 2 is 2.10 bits per heavy atom. The molecule has 2 atom stereocenters. The van der Waals surface area contributed by atoms with Crippen LogP contribution in [-0.4, -0.2) is 19.1 Å². The van der Waals surface area contributed by atoms with Crippen LogP contribution >= 0.6 is 0 Å². The summed E-state index contributed by atoms with van der Waals surface area (Å²) in [5.41, 5.74) is 10.4. The molecule has 112 valence electrons. The average Bonchev–Trinajstić information content (AvgIpc) is 2.88. The van der Waals surface area contributed by atoms with Crippen molar-refractivity contribution in [3.05, 3.63) is 29.3 Å². The number of hydrogen-bond acceptors (Lipinski definition) is 2. The first-order valence-corrected chi connectivity index (χ1v) is 8.11. The minimum Gasteiger partial charge on any atom is -0.371 e. The Morgan fingerprint density at radius 3 is 2.70 bits per heavy atom. The largest absolute Gasteiger partial charge is 0.371 e. The van der Waals surface area contributed by atoms with Gasteiger partial charge in [0.05, 0.1) is 0 Å². The van der Waals surface area contributed by atoms with Crippen molar-refractivity contribution in [1.29, 1.82) is 0 Å². The van der Waals surface area contributed by atoms with Crippen LogP contribution < -0.4 is 10.6 Å². The van der Waals surface area contributed by atoms with Crippen LogP contribution in [0.5, 0.6) is 0 Å². The van der Waals surface area contributed by atoms with E-state index >= 15 is 0 Å². The number of nitrogens with zero attached hydrogens (tertiary/aromatic N) is 1. The quantitative estimate of drug-likeness (QED) is 0.886. The van der Waals surface area contributed by atoms with E-state index in [9.17, 15) is 0 Å². The Morgan fingerprint density at radius 1 is 1.35 bits per heavy atom. The van der Waals surface area contributed by atoms with E-state index in [0.29, 0.717) is 0 Å². The molecule has 1 aromatic rings. The third-order valence-electron chi connectivity index (χ3n) is 4.75. The van der Waals surface area contributed by atoms with Crippen LogP contribution in [0.1, 0.15) is 44.7 Å². The van der Waals surface area contributed by atoms with E-state index in [-0.39, 0.29) is 6.04 Å². The van der Waals surface area contributed by atoms with Gasteiger partial charge in [0, 0.05) is 24.8 Å². The zero-order valence-corrected chi connectivity index (χ0v) is 13.5. The second kappa shape index (κ2) is 6.62. The molecule has 1 fully saturated rings. The zero-order valence-electron chi connectivity index (χ0n) is 13.5. The standard InChI is InChI=1S/C18H30N2/c1-5-17(19)11-16-10-14(4)6-7-18(16)20-9-8-15(12-20)13(2)3/h6-7,10,13,15,17H,5,8-9,11-12,19H2,1-4H3. The molecule has 2 rings (SSSR count). The summed E-state index contributed by atoms with van der Waals surface area (Å²) in [6.07, 6.45) is 3.36. The molecule has 0 aromatic heterocycles. The maximum atomic E-state index is 6.18. The van der Waals surface area contributed by atoms with Gasteiger partial charge in [0.15, 0.2) is 0 Å². The molecule has 0 saturated carbocycles. The Labute approximate surface area is 124 Å². The minimum atomic E-state index is 0.277. The van der Waals surface area contributed by atoms with Gasteiger partial charge >= 0.3 is 0 Å². The molecule has 2 heteroatoms. The molecular weight excluding hydrogens is 244 g/mol. The molecule has 2 nitrogen and oxygen atoms in total. The minimum absolute atomic E-state index is 0.277. The highest BCUT2D eigenvalue weighted by Gasteiger charge is 2.26. The van der Waals surface area contributed by atoms with Gasteiger partial charge in [-0.3, -0.25) is 0 Å². The van der Waals surface area contributed by atoms with Gasteiger partial charge in [-0.2, -0.15) is 0 Å². The van der Waals surface area contributed by atoms with Gasteiger partial charge < -0.3 is 10.6 Å². The van der Waals surface area contributed by atoms with E-state index in [4.69, 9.17) is 5.73 Å². The van der Waals surface area contributed by atoms with E-state index in [2.05, 4.69) is 50.8 Å². The molecule has 0 aliphatic carbocycles. The maximum Gasteiger partial charge on any atom is 0.0399 e. The molecule has 20 heavy (non-hydrogen) atoms. The highest BCUT2D eigenvalue weighted by atomic mass is 15.2. The molecule has 0 spiro atoms. The fourth-order valence-electron chi connectivity index (χ4n) is 3.16. The van der Waals surface area contributed by atoms with E-state index in [1.165, 1.54) is 36.3 Å². The Balaban J connectivity index is 2.19. The molecule has 1 aliphatic heterocycles. The molecule has 1 heterocycles. The summed E-state index contributed by atoms with van der Waals surface area (Å²) in [5.74, 6) is 1.62. The van der Waals surface area contributed by atoms with Gasteiger partial charge in [-0.1, -0.05) is 38.5 Å². The summed E-state index contributed by atoms with van der Waals surface area (Å²) in [6.45, 7) is 11.4. The number of aryl methyl sites for hydroxylation is 1. The number of benzene rings is 1. The normalized spacial score (nSPS) is 20.7. The number of rotatable bonds is 5.